The number of carbonyl (C=O) groups excluding carboxylic acids is 1. The Kier molecular flexibility index (Phi) is 6.39. The Morgan fingerprint density at radius 3 is 2.88 bits per heavy atom. The number of rotatable bonds is 6. The van der Waals surface area contributed by atoms with Crippen molar-refractivity contribution in [2.24, 2.45) is 0 Å². The minimum Gasteiger partial charge on any atom is -0.457 e. The van der Waals surface area contributed by atoms with E-state index in [0.29, 0.717) is 52.5 Å². The van der Waals surface area contributed by atoms with Gasteiger partial charge in [-0.15, -0.1) is 0 Å². The van der Waals surface area contributed by atoms with Crippen LogP contribution >= 0.6 is 0 Å². The van der Waals surface area contributed by atoms with Gasteiger partial charge in [0.1, 0.15) is 29.7 Å². The van der Waals surface area contributed by atoms with Crippen LogP contribution in [-0.2, 0) is 4.79 Å². The van der Waals surface area contributed by atoms with Crippen LogP contribution in [0.2, 0.25) is 0 Å². The van der Waals surface area contributed by atoms with Crippen molar-refractivity contribution in [1.29, 1.82) is 0 Å². The Balaban J connectivity index is 1.27. The van der Waals surface area contributed by atoms with Gasteiger partial charge in [0.2, 0.25) is 5.91 Å². The van der Waals surface area contributed by atoms with Crippen molar-refractivity contribution >= 4 is 39.7 Å². The third kappa shape index (κ3) is 4.62. The molecule has 5 heterocycles. The molecule has 6 rings (SSSR count). The number of nitrogens with zero attached hydrogens (tertiary/aromatic N) is 7. The van der Waals surface area contributed by atoms with Crippen LogP contribution in [0, 0.1) is 12.7 Å². The molecule has 0 fully saturated rings. The topological polar surface area (TPSA) is 110 Å². The molecule has 0 aliphatic carbocycles. The number of ether oxygens (including phenoxy) is 1. The molecule has 11 heteroatoms. The zero-order valence-corrected chi connectivity index (χ0v) is 21.9. The zero-order valence-electron chi connectivity index (χ0n) is 21.9. The summed E-state index contributed by atoms with van der Waals surface area (Å²) in [6.45, 7) is 7.71. The first-order valence-electron chi connectivity index (χ1n) is 12.7. The van der Waals surface area contributed by atoms with Crippen molar-refractivity contribution in [3.05, 3.63) is 91.1 Å². The SMILES string of the molecule is C=CC(=O)N1CC=C(c2ccc3ncnc(Nc4ccc(Oc5ccn6ncnc6c5)c(C)c4F)c3n2)C[C@H]1C. The molecule has 40 heavy (non-hydrogen) atoms. The third-order valence-electron chi connectivity index (χ3n) is 6.92. The lowest BCUT2D eigenvalue weighted by molar-refractivity contribution is -0.127. The van der Waals surface area contributed by atoms with E-state index in [-0.39, 0.29) is 17.6 Å². The van der Waals surface area contributed by atoms with Crippen molar-refractivity contribution in [3.8, 4) is 11.5 Å². The monoisotopic (exact) mass is 536 g/mol. The number of nitrogens with one attached hydrogen (secondary N) is 1. The van der Waals surface area contributed by atoms with E-state index in [4.69, 9.17) is 9.72 Å². The van der Waals surface area contributed by atoms with Gasteiger partial charge in [-0.1, -0.05) is 12.7 Å². The van der Waals surface area contributed by atoms with E-state index in [0.717, 1.165) is 11.3 Å². The van der Waals surface area contributed by atoms with Crippen molar-refractivity contribution in [3.63, 3.8) is 0 Å². The van der Waals surface area contributed by atoms with E-state index in [1.165, 1.54) is 18.7 Å². The van der Waals surface area contributed by atoms with Gasteiger partial charge in [0.15, 0.2) is 17.3 Å². The summed E-state index contributed by atoms with van der Waals surface area (Å²) in [5.41, 5.74) is 4.09. The van der Waals surface area contributed by atoms with E-state index in [1.807, 2.05) is 25.1 Å². The summed E-state index contributed by atoms with van der Waals surface area (Å²) in [6.07, 6.45) is 8.56. The average Bonchev–Trinajstić information content (AvgIpc) is 3.44. The maximum Gasteiger partial charge on any atom is 0.246 e. The number of anilines is 2. The molecule has 0 spiro atoms. The van der Waals surface area contributed by atoms with Gasteiger partial charge < -0.3 is 15.0 Å². The Bertz CT molecular complexity index is 1820. The molecule has 5 aromatic rings. The number of carbonyl (C=O) groups is 1. The van der Waals surface area contributed by atoms with Crippen molar-refractivity contribution < 1.29 is 13.9 Å². The molecule has 0 saturated heterocycles. The Labute approximate surface area is 228 Å². The molecule has 1 atom stereocenters. The summed E-state index contributed by atoms with van der Waals surface area (Å²) in [5, 5.41) is 7.15. The standard InChI is InChI=1S/C29H25FN8O2/c1-4-26(39)37-11-9-19(13-17(37)2)21-5-6-23-28(35-21)29(33-15-31-23)36-22-7-8-24(18(3)27(22)30)40-20-10-12-38-25(14-20)32-16-34-38/h4-10,12,14-17H,1,11,13H2,2-3H3,(H,31,33,36)/t17-/m1/s1. The second-order valence-corrected chi connectivity index (χ2v) is 9.47. The smallest absolute Gasteiger partial charge is 0.246 e. The largest absolute Gasteiger partial charge is 0.457 e. The second kappa shape index (κ2) is 10.2. The fraction of sp³-hybridized carbons (Fsp3) is 0.172. The summed E-state index contributed by atoms with van der Waals surface area (Å²) < 4.78 is 23.1. The maximum absolute atomic E-state index is 15.5. The van der Waals surface area contributed by atoms with Crippen LogP contribution in [0.3, 0.4) is 0 Å². The molecule has 200 valence electrons. The van der Waals surface area contributed by atoms with Crippen molar-refractivity contribution in [2.45, 2.75) is 26.3 Å². The molecule has 1 aliphatic heterocycles. The lowest BCUT2D eigenvalue weighted by atomic mass is 9.98. The van der Waals surface area contributed by atoms with Crippen LogP contribution in [0.4, 0.5) is 15.9 Å². The number of amides is 1. The zero-order chi connectivity index (χ0) is 27.8. The molecule has 1 aromatic carbocycles. The Hall–Kier alpha value is -5.19. The molecule has 1 N–H and O–H groups in total. The third-order valence-corrected chi connectivity index (χ3v) is 6.92. The quantitative estimate of drug-likeness (QED) is 0.293. The van der Waals surface area contributed by atoms with E-state index in [2.05, 4.69) is 31.9 Å². The molecule has 0 unspecified atom stereocenters. The Morgan fingerprint density at radius 2 is 2.05 bits per heavy atom. The number of fused-ring (bicyclic) bond motifs is 2. The first-order chi connectivity index (χ1) is 19.4. The fourth-order valence-electron chi connectivity index (χ4n) is 4.73. The predicted molar refractivity (Wildman–Crippen MR) is 149 cm³/mol. The molecule has 10 nitrogen and oxygen atoms in total. The number of aromatic nitrogens is 6. The second-order valence-electron chi connectivity index (χ2n) is 9.47. The molecule has 4 aromatic heterocycles. The molecular weight excluding hydrogens is 511 g/mol. The number of hydrogen-bond donors (Lipinski definition) is 1. The lowest BCUT2D eigenvalue weighted by Gasteiger charge is -2.32. The summed E-state index contributed by atoms with van der Waals surface area (Å²) in [6, 6.07) is 10.5. The summed E-state index contributed by atoms with van der Waals surface area (Å²) in [5.74, 6) is 0.704. The molecule has 0 radical (unpaired) electrons. The minimum absolute atomic E-state index is 0.00343. The van der Waals surface area contributed by atoms with Gasteiger partial charge in [0, 0.05) is 30.4 Å². The average molecular weight is 537 g/mol. The van der Waals surface area contributed by atoms with E-state index < -0.39 is 5.82 Å². The van der Waals surface area contributed by atoms with E-state index in [9.17, 15) is 4.79 Å². The predicted octanol–water partition coefficient (Wildman–Crippen LogP) is 5.24. The number of hydrogen-bond acceptors (Lipinski definition) is 8. The normalized spacial score (nSPS) is 15.2. The van der Waals surface area contributed by atoms with E-state index >= 15 is 4.39 Å². The van der Waals surface area contributed by atoms with Crippen LogP contribution in [0.1, 0.15) is 24.6 Å². The van der Waals surface area contributed by atoms with E-state index in [1.54, 1.807) is 46.8 Å². The van der Waals surface area contributed by atoms with Gasteiger partial charge in [0.25, 0.3) is 0 Å². The minimum atomic E-state index is -0.472. The van der Waals surface area contributed by atoms with Gasteiger partial charge in [-0.3, -0.25) is 4.79 Å². The fourth-order valence-corrected chi connectivity index (χ4v) is 4.73. The van der Waals surface area contributed by atoms with Gasteiger partial charge in [-0.2, -0.15) is 5.10 Å². The lowest BCUT2D eigenvalue weighted by Crippen LogP contribution is -2.40. The van der Waals surface area contributed by atoms with Gasteiger partial charge >= 0.3 is 0 Å². The van der Waals surface area contributed by atoms with Crippen molar-refractivity contribution in [2.75, 3.05) is 11.9 Å². The Morgan fingerprint density at radius 1 is 1.18 bits per heavy atom. The highest BCUT2D eigenvalue weighted by Gasteiger charge is 2.24. The number of pyridine rings is 2. The van der Waals surface area contributed by atoms with Crippen LogP contribution in [0.15, 0.2) is 74.0 Å². The first kappa shape index (κ1) is 25.1. The van der Waals surface area contributed by atoms with Crippen LogP contribution in [0.5, 0.6) is 11.5 Å². The molecule has 0 bridgehead atoms. The molecular formula is C29H25FN8O2. The summed E-state index contributed by atoms with van der Waals surface area (Å²) in [4.78, 5) is 31.5. The molecule has 0 saturated carbocycles. The highest BCUT2D eigenvalue weighted by molar-refractivity contribution is 5.90. The molecule has 1 aliphatic rings. The van der Waals surface area contributed by atoms with Crippen LogP contribution in [-0.4, -0.2) is 52.9 Å². The highest BCUT2D eigenvalue weighted by Crippen LogP contribution is 2.33. The van der Waals surface area contributed by atoms with Crippen LogP contribution in [0.25, 0.3) is 22.3 Å². The highest BCUT2D eigenvalue weighted by atomic mass is 19.1. The summed E-state index contributed by atoms with van der Waals surface area (Å²) in [7, 11) is 0. The number of benzene rings is 1. The first-order valence-corrected chi connectivity index (χ1v) is 12.7. The molecule has 1 amide bonds. The van der Waals surface area contributed by atoms with Gasteiger partial charge in [-0.05, 0) is 62.2 Å². The summed E-state index contributed by atoms with van der Waals surface area (Å²) >= 11 is 0. The van der Waals surface area contributed by atoms with Crippen LogP contribution < -0.4 is 10.1 Å². The van der Waals surface area contributed by atoms with Gasteiger partial charge in [-0.25, -0.2) is 28.8 Å². The van der Waals surface area contributed by atoms with Gasteiger partial charge in [0.05, 0.1) is 16.9 Å². The number of halogens is 1. The van der Waals surface area contributed by atoms with Crippen molar-refractivity contribution in [1.82, 2.24) is 34.4 Å². The maximum atomic E-state index is 15.5.